The first-order valence-corrected chi connectivity index (χ1v) is 12.2. The summed E-state index contributed by atoms with van der Waals surface area (Å²) in [6, 6.07) is 10.9. The highest BCUT2D eigenvalue weighted by molar-refractivity contribution is 9.10. The van der Waals surface area contributed by atoms with Gasteiger partial charge in [-0.3, -0.25) is 9.59 Å². The molecule has 8 nitrogen and oxygen atoms in total. The summed E-state index contributed by atoms with van der Waals surface area (Å²) in [6.45, 7) is 4.11. The number of fused-ring (bicyclic) bond motifs is 1. The number of carbonyl (C=O) groups is 1. The lowest BCUT2D eigenvalue weighted by Crippen LogP contribution is -2.23. The Hall–Kier alpha value is -3.24. The zero-order valence-electron chi connectivity index (χ0n) is 18.8. The number of esters is 1. The van der Waals surface area contributed by atoms with Crippen LogP contribution in [0.2, 0.25) is 0 Å². The molecule has 2 heterocycles. The maximum Gasteiger partial charge on any atom is 0.308 e. The van der Waals surface area contributed by atoms with Crippen LogP contribution < -0.4 is 24.3 Å². The van der Waals surface area contributed by atoms with Crippen molar-refractivity contribution in [2.45, 2.75) is 26.7 Å². The SMILES string of the molecule is CCCCOc1ccc(-c2nc3sc(=Cc4cc(Br)c(OC(C)=O)c(OC)c4)c(=O)n3n2)cc1. The van der Waals surface area contributed by atoms with Gasteiger partial charge in [0.15, 0.2) is 17.3 Å². The minimum absolute atomic E-state index is 0.266. The first-order valence-electron chi connectivity index (χ1n) is 10.6. The normalized spacial score (nSPS) is 11.7. The van der Waals surface area contributed by atoms with Crippen molar-refractivity contribution in [2.24, 2.45) is 0 Å². The molecule has 0 unspecified atom stereocenters. The molecule has 0 radical (unpaired) electrons. The van der Waals surface area contributed by atoms with Crippen molar-refractivity contribution >= 4 is 44.3 Å². The van der Waals surface area contributed by atoms with Crippen molar-refractivity contribution in [1.82, 2.24) is 14.6 Å². The summed E-state index contributed by atoms with van der Waals surface area (Å²) < 4.78 is 18.5. The maximum atomic E-state index is 12.9. The molecule has 0 fully saturated rings. The summed E-state index contributed by atoms with van der Waals surface area (Å²) in [5.74, 6) is 1.46. The number of aromatic nitrogens is 3. The molecule has 176 valence electrons. The number of hydrogen-bond donors (Lipinski definition) is 0. The third-order valence-electron chi connectivity index (χ3n) is 4.86. The third kappa shape index (κ3) is 5.13. The van der Waals surface area contributed by atoms with Gasteiger partial charge in [-0.2, -0.15) is 9.50 Å². The van der Waals surface area contributed by atoms with Crippen LogP contribution in [-0.4, -0.2) is 34.3 Å². The summed E-state index contributed by atoms with van der Waals surface area (Å²) in [6.07, 6.45) is 3.80. The van der Waals surface area contributed by atoms with Crippen molar-refractivity contribution < 1.29 is 19.0 Å². The molecule has 4 rings (SSSR count). The Morgan fingerprint density at radius 2 is 2.00 bits per heavy atom. The predicted octanol–water partition coefficient (Wildman–Crippen LogP) is 4.24. The van der Waals surface area contributed by atoms with Crippen LogP contribution in [0.3, 0.4) is 0 Å². The highest BCUT2D eigenvalue weighted by Crippen LogP contribution is 2.37. The molecule has 0 saturated heterocycles. The second-order valence-electron chi connectivity index (χ2n) is 7.40. The van der Waals surface area contributed by atoms with Crippen molar-refractivity contribution in [3.63, 3.8) is 0 Å². The minimum Gasteiger partial charge on any atom is -0.494 e. The number of hydrogen-bond acceptors (Lipinski definition) is 8. The van der Waals surface area contributed by atoms with E-state index >= 15 is 0 Å². The van der Waals surface area contributed by atoms with E-state index in [-0.39, 0.29) is 11.3 Å². The van der Waals surface area contributed by atoms with Crippen LogP contribution in [-0.2, 0) is 4.79 Å². The maximum absolute atomic E-state index is 12.9. The van der Waals surface area contributed by atoms with E-state index in [1.807, 2.05) is 24.3 Å². The zero-order chi connectivity index (χ0) is 24.2. The van der Waals surface area contributed by atoms with Crippen molar-refractivity contribution in [2.75, 3.05) is 13.7 Å². The summed E-state index contributed by atoms with van der Waals surface area (Å²) in [5.41, 5.74) is 1.23. The van der Waals surface area contributed by atoms with Gasteiger partial charge in [0.2, 0.25) is 4.96 Å². The molecule has 0 aliphatic carbocycles. The number of benzene rings is 2. The molecule has 0 N–H and O–H groups in total. The van der Waals surface area contributed by atoms with Crippen LogP contribution in [0.4, 0.5) is 0 Å². The van der Waals surface area contributed by atoms with E-state index in [9.17, 15) is 9.59 Å². The lowest BCUT2D eigenvalue weighted by molar-refractivity contribution is -0.132. The summed E-state index contributed by atoms with van der Waals surface area (Å²) >= 11 is 4.63. The summed E-state index contributed by atoms with van der Waals surface area (Å²) in [5, 5.41) is 4.40. The fraction of sp³-hybridized carbons (Fsp3) is 0.250. The van der Waals surface area contributed by atoms with Crippen molar-refractivity contribution in [3.8, 4) is 28.6 Å². The van der Waals surface area contributed by atoms with Gasteiger partial charge in [0, 0.05) is 12.5 Å². The van der Waals surface area contributed by atoms with E-state index in [2.05, 4.69) is 32.9 Å². The average molecular weight is 544 g/mol. The average Bonchev–Trinajstić information content (AvgIpc) is 3.35. The Kier molecular flexibility index (Phi) is 7.28. The molecule has 0 bridgehead atoms. The Bertz CT molecular complexity index is 1450. The molecule has 0 spiro atoms. The topological polar surface area (TPSA) is 92.0 Å². The largest absolute Gasteiger partial charge is 0.494 e. The highest BCUT2D eigenvalue weighted by Gasteiger charge is 2.15. The van der Waals surface area contributed by atoms with Gasteiger partial charge in [-0.05, 0) is 70.4 Å². The fourth-order valence-corrected chi connectivity index (χ4v) is 4.66. The fourth-order valence-electron chi connectivity index (χ4n) is 3.21. The number of rotatable bonds is 8. The molecule has 0 atom stereocenters. The number of methoxy groups -OCH3 is 1. The monoisotopic (exact) mass is 543 g/mol. The molecule has 0 aliphatic rings. The number of unbranched alkanes of at least 4 members (excludes halogenated alkanes) is 1. The van der Waals surface area contributed by atoms with Crippen molar-refractivity contribution in [3.05, 3.63) is 61.3 Å². The molecular formula is C24H22BrN3O5S. The molecule has 0 aliphatic heterocycles. The first-order chi connectivity index (χ1) is 16.4. The minimum atomic E-state index is -0.461. The van der Waals surface area contributed by atoms with Crippen LogP contribution in [0.15, 0.2) is 45.7 Å². The molecule has 4 aromatic rings. The van der Waals surface area contributed by atoms with Gasteiger partial charge in [-0.25, -0.2) is 0 Å². The summed E-state index contributed by atoms with van der Waals surface area (Å²) in [4.78, 5) is 29.3. The van der Waals surface area contributed by atoms with Gasteiger partial charge in [-0.15, -0.1) is 5.10 Å². The van der Waals surface area contributed by atoms with Crippen LogP contribution in [0.5, 0.6) is 17.2 Å². The number of thiazole rings is 1. The van der Waals surface area contributed by atoms with E-state index in [0.717, 1.165) is 24.2 Å². The molecule has 10 heteroatoms. The van der Waals surface area contributed by atoms with E-state index in [4.69, 9.17) is 14.2 Å². The molecule has 2 aromatic heterocycles. The van der Waals surface area contributed by atoms with Crippen LogP contribution >= 0.6 is 27.3 Å². The molecule has 0 saturated carbocycles. The molecule has 2 aromatic carbocycles. The highest BCUT2D eigenvalue weighted by atomic mass is 79.9. The Balaban J connectivity index is 1.63. The van der Waals surface area contributed by atoms with E-state index in [1.54, 1.807) is 18.2 Å². The first kappa shape index (κ1) is 23.9. The Morgan fingerprint density at radius 3 is 2.65 bits per heavy atom. The van der Waals surface area contributed by atoms with E-state index < -0.39 is 5.97 Å². The van der Waals surface area contributed by atoms with Gasteiger partial charge in [0.1, 0.15) is 5.75 Å². The number of ether oxygens (including phenoxy) is 3. The third-order valence-corrected chi connectivity index (χ3v) is 6.40. The van der Waals surface area contributed by atoms with E-state index in [1.165, 1.54) is 29.9 Å². The smallest absolute Gasteiger partial charge is 0.308 e. The number of halogens is 1. The lowest BCUT2D eigenvalue weighted by atomic mass is 10.2. The standard InChI is InChI=1S/C24H22BrN3O5S/c1-4-5-10-32-17-8-6-16(7-9-17)22-26-24-28(27-22)23(30)20(34-24)13-15-11-18(25)21(33-14(2)29)19(12-15)31-3/h6-9,11-13H,4-5,10H2,1-3H3. The van der Waals surface area contributed by atoms with Gasteiger partial charge in [-0.1, -0.05) is 24.7 Å². The van der Waals surface area contributed by atoms with Gasteiger partial charge >= 0.3 is 5.97 Å². The second-order valence-corrected chi connectivity index (χ2v) is 9.26. The Morgan fingerprint density at radius 1 is 1.24 bits per heavy atom. The van der Waals surface area contributed by atoms with Crippen LogP contribution in [0.25, 0.3) is 22.4 Å². The van der Waals surface area contributed by atoms with Crippen LogP contribution in [0, 0.1) is 0 Å². The number of nitrogens with zero attached hydrogens (tertiary/aromatic N) is 3. The van der Waals surface area contributed by atoms with Gasteiger partial charge in [0.05, 0.1) is 22.7 Å². The Labute approximate surface area is 207 Å². The van der Waals surface area contributed by atoms with Crippen LogP contribution in [0.1, 0.15) is 32.3 Å². The van der Waals surface area contributed by atoms with Gasteiger partial charge in [0.25, 0.3) is 5.56 Å². The lowest BCUT2D eigenvalue weighted by Gasteiger charge is -2.10. The zero-order valence-corrected chi connectivity index (χ0v) is 21.2. The second kappa shape index (κ2) is 10.4. The molecular weight excluding hydrogens is 522 g/mol. The predicted molar refractivity (Wildman–Crippen MR) is 134 cm³/mol. The molecule has 0 amide bonds. The molecule has 34 heavy (non-hydrogen) atoms. The van der Waals surface area contributed by atoms with Gasteiger partial charge < -0.3 is 14.2 Å². The van der Waals surface area contributed by atoms with E-state index in [0.29, 0.717) is 37.7 Å². The number of carbonyl (C=O) groups excluding carboxylic acids is 1. The van der Waals surface area contributed by atoms with Crippen molar-refractivity contribution in [1.29, 1.82) is 0 Å². The summed E-state index contributed by atoms with van der Waals surface area (Å²) in [7, 11) is 1.48. The quantitative estimate of drug-likeness (QED) is 0.186.